The second kappa shape index (κ2) is 6.42. The summed E-state index contributed by atoms with van der Waals surface area (Å²) in [5.41, 5.74) is 0.542. The standard InChI is InChI=1S/C13H21FO3Si/c1-9(2)15-13(17-18,16-10(3)4)11-6-5-7-12(14)8-11/h5-10H,1-4,18H3. The quantitative estimate of drug-likeness (QED) is 0.586. The maximum absolute atomic E-state index is 13.4. The van der Waals surface area contributed by atoms with Crippen molar-refractivity contribution in [2.75, 3.05) is 0 Å². The molecule has 0 aromatic heterocycles. The molecule has 0 aliphatic rings. The van der Waals surface area contributed by atoms with Crippen LogP contribution in [0.5, 0.6) is 0 Å². The Morgan fingerprint density at radius 2 is 1.67 bits per heavy atom. The minimum absolute atomic E-state index is 0.0963. The zero-order chi connectivity index (χ0) is 13.8. The van der Waals surface area contributed by atoms with Crippen molar-refractivity contribution in [3.8, 4) is 0 Å². The van der Waals surface area contributed by atoms with Crippen molar-refractivity contribution in [3.05, 3.63) is 35.6 Å². The molecule has 0 bridgehead atoms. The van der Waals surface area contributed by atoms with Crippen LogP contribution in [0.3, 0.4) is 0 Å². The minimum Gasteiger partial charge on any atom is -0.376 e. The Kier molecular flexibility index (Phi) is 5.46. The van der Waals surface area contributed by atoms with E-state index < -0.39 is 5.97 Å². The van der Waals surface area contributed by atoms with E-state index in [1.165, 1.54) is 12.1 Å². The normalized spacial score (nSPS) is 12.6. The highest BCUT2D eigenvalue weighted by molar-refractivity contribution is 5.98. The van der Waals surface area contributed by atoms with Crippen LogP contribution in [0.4, 0.5) is 4.39 Å². The zero-order valence-electron chi connectivity index (χ0n) is 11.6. The fraction of sp³-hybridized carbons (Fsp3) is 0.538. The molecule has 0 heterocycles. The molecule has 0 spiro atoms. The van der Waals surface area contributed by atoms with Gasteiger partial charge in [0.1, 0.15) is 5.82 Å². The lowest BCUT2D eigenvalue weighted by molar-refractivity contribution is -0.378. The first-order valence-electron chi connectivity index (χ1n) is 6.06. The van der Waals surface area contributed by atoms with E-state index in [0.717, 1.165) is 0 Å². The lowest BCUT2D eigenvalue weighted by atomic mass is 10.1. The summed E-state index contributed by atoms with van der Waals surface area (Å²) in [7, 11) is 0.417. The fourth-order valence-corrected chi connectivity index (χ4v) is 2.11. The van der Waals surface area contributed by atoms with Crippen LogP contribution in [0.2, 0.25) is 0 Å². The van der Waals surface area contributed by atoms with E-state index in [0.29, 0.717) is 16.0 Å². The number of rotatable bonds is 6. The van der Waals surface area contributed by atoms with Gasteiger partial charge in [-0.3, -0.25) is 0 Å². The molecular weight excluding hydrogens is 251 g/mol. The molecule has 0 amide bonds. The smallest absolute Gasteiger partial charge is 0.302 e. The molecule has 0 atom stereocenters. The van der Waals surface area contributed by atoms with E-state index in [4.69, 9.17) is 13.9 Å². The molecule has 0 fully saturated rings. The Morgan fingerprint density at radius 1 is 1.11 bits per heavy atom. The lowest BCUT2D eigenvalue weighted by Crippen LogP contribution is -2.40. The zero-order valence-corrected chi connectivity index (χ0v) is 13.6. The first kappa shape index (κ1) is 15.3. The van der Waals surface area contributed by atoms with Crippen LogP contribution in [-0.2, 0) is 19.9 Å². The third kappa shape index (κ3) is 3.88. The molecule has 0 aliphatic carbocycles. The van der Waals surface area contributed by atoms with E-state index >= 15 is 0 Å². The average molecular weight is 272 g/mol. The maximum atomic E-state index is 13.4. The van der Waals surface area contributed by atoms with Gasteiger partial charge in [0, 0.05) is 5.56 Å². The first-order chi connectivity index (χ1) is 8.39. The highest BCUT2D eigenvalue weighted by Crippen LogP contribution is 2.31. The molecule has 5 heteroatoms. The van der Waals surface area contributed by atoms with Gasteiger partial charge in [0.15, 0.2) is 10.5 Å². The number of ether oxygens (including phenoxy) is 2. The number of benzene rings is 1. The summed E-state index contributed by atoms with van der Waals surface area (Å²) < 4.78 is 30.4. The van der Waals surface area contributed by atoms with E-state index in [1.54, 1.807) is 12.1 Å². The third-order valence-corrected chi connectivity index (χ3v) is 2.77. The molecule has 0 saturated heterocycles. The van der Waals surface area contributed by atoms with Crippen LogP contribution >= 0.6 is 0 Å². The van der Waals surface area contributed by atoms with Gasteiger partial charge in [0.25, 0.3) is 0 Å². The third-order valence-electron chi connectivity index (χ3n) is 2.23. The van der Waals surface area contributed by atoms with E-state index in [2.05, 4.69) is 0 Å². The van der Waals surface area contributed by atoms with Gasteiger partial charge in [-0.15, -0.1) is 0 Å². The Balaban J connectivity index is 3.16. The topological polar surface area (TPSA) is 27.7 Å². The summed E-state index contributed by atoms with van der Waals surface area (Å²) in [6.45, 7) is 7.55. The van der Waals surface area contributed by atoms with Crippen LogP contribution in [-0.4, -0.2) is 22.7 Å². The second-order valence-electron chi connectivity index (χ2n) is 4.60. The fourth-order valence-electron chi connectivity index (χ4n) is 1.68. The van der Waals surface area contributed by atoms with Gasteiger partial charge in [0.05, 0.1) is 12.2 Å². The number of hydrogen-bond acceptors (Lipinski definition) is 3. The Hall–Kier alpha value is -0.753. The van der Waals surface area contributed by atoms with E-state index in [1.807, 2.05) is 27.7 Å². The van der Waals surface area contributed by atoms with Gasteiger partial charge in [-0.2, -0.15) is 0 Å². The van der Waals surface area contributed by atoms with Crippen LogP contribution in [0.15, 0.2) is 24.3 Å². The maximum Gasteiger partial charge on any atom is 0.302 e. The summed E-state index contributed by atoms with van der Waals surface area (Å²) >= 11 is 0. The molecule has 1 rings (SSSR count). The predicted octanol–water partition coefficient (Wildman–Crippen LogP) is 2.08. The Morgan fingerprint density at radius 3 is 2.06 bits per heavy atom. The van der Waals surface area contributed by atoms with Crippen molar-refractivity contribution in [2.45, 2.75) is 45.9 Å². The number of hydrogen-bond donors (Lipinski definition) is 0. The van der Waals surface area contributed by atoms with E-state index in [-0.39, 0.29) is 18.0 Å². The summed E-state index contributed by atoms with van der Waals surface area (Å²) in [5, 5.41) is 0. The minimum atomic E-state index is -1.31. The second-order valence-corrected chi connectivity index (χ2v) is 5.01. The van der Waals surface area contributed by atoms with Crippen molar-refractivity contribution >= 4 is 10.5 Å². The van der Waals surface area contributed by atoms with Crippen molar-refractivity contribution in [2.24, 2.45) is 0 Å². The van der Waals surface area contributed by atoms with Crippen LogP contribution < -0.4 is 0 Å². The van der Waals surface area contributed by atoms with Gasteiger partial charge in [0.2, 0.25) is 0 Å². The van der Waals surface area contributed by atoms with Gasteiger partial charge >= 0.3 is 5.97 Å². The molecule has 0 saturated carbocycles. The van der Waals surface area contributed by atoms with Crippen molar-refractivity contribution in [1.82, 2.24) is 0 Å². The molecule has 0 radical (unpaired) electrons. The first-order valence-corrected chi connectivity index (χ1v) is 6.88. The van der Waals surface area contributed by atoms with Crippen LogP contribution in [0, 0.1) is 5.82 Å². The van der Waals surface area contributed by atoms with Crippen LogP contribution in [0.1, 0.15) is 33.3 Å². The average Bonchev–Trinajstić information content (AvgIpc) is 2.26. The molecule has 0 N–H and O–H groups in total. The van der Waals surface area contributed by atoms with Crippen LogP contribution in [0.25, 0.3) is 0 Å². The Labute approximate surface area is 111 Å². The number of halogens is 1. The Bertz CT molecular complexity index is 372. The van der Waals surface area contributed by atoms with Crippen molar-refractivity contribution < 1.29 is 18.3 Å². The van der Waals surface area contributed by atoms with Crippen molar-refractivity contribution in [3.63, 3.8) is 0 Å². The van der Waals surface area contributed by atoms with Gasteiger partial charge < -0.3 is 13.9 Å². The van der Waals surface area contributed by atoms with Gasteiger partial charge in [-0.1, -0.05) is 12.1 Å². The SMILES string of the molecule is CC(C)OC(O[SiH3])(OC(C)C)c1cccc(F)c1. The molecule has 0 unspecified atom stereocenters. The summed E-state index contributed by atoms with van der Waals surface area (Å²) in [5.74, 6) is -1.65. The largest absolute Gasteiger partial charge is 0.376 e. The molecule has 1 aromatic rings. The molecule has 0 aliphatic heterocycles. The van der Waals surface area contributed by atoms with Gasteiger partial charge in [-0.05, 0) is 39.8 Å². The monoisotopic (exact) mass is 272 g/mol. The summed E-state index contributed by atoms with van der Waals surface area (Å²) in [6.07, 6.45) is -0.193. The molecule has 102 valence electrons. The molecule has 18 heavy (non-hydrogen) atoms. The van der Waals surface area contributed by atoms with E-state index in [9.17, 15) is 4.39 Å². The molecular formula is C13H21FO3Si. The summed E-state index contributed by atoms with van der Waals surface area (Å²) in [4.78, 5) is 0. The highest BCUT2D eigenvalue weighted by atomic mass is 28.2. The highest BCUT2D eigenvalue weighted by Gasteiger charge is 2.36. The lowest BCUT2D eigenvalue weighted by Gasteiger charge is -2.36. The molecule has 3 nitrogen and oxygen atoms in total. The van der Waals surface area contributed by atoms with Gasteiger partial charge in [-0.25, -0.2) is 4.39 Å². The predicted molar refractivity (Wildman–Crippen MR) is 71.5 cm³/mol. The summed E-state index contributed by atoms with van der Waals surface area (Å²) in [6, 6.07) is 6.12. The molecule has 1 aromatic carbocycles. The van der Waals surface area contributed by atoms with Crippen molar-refractivity contribution in [1.29, 1.82) is 0 Å².